The topological polar surface area (TPSA) is 45.7 Å². The first-order valence-corrected chi connectivity index (χ1v) is 7.62. The fourth-order valence-electron chi connectivity index (χ4n) is 1.81. The van der Waals surface area contributed by atoms with Crippen molar-refractivity contribution < 1.29 is 17.9 Å². The summed E-state index contributed by atoms with van der Waals surface area (Å²) < 4.78 is 40.2. The van der Waals surface area contributed by atoms with Gasteiger partial charge in [-0.1, -0.05) is 29.8 Å². The van der Waals surface area contributed by atoms with Gasteiger partial charge in [0.25, 0.3) is 0 Å². The lowest BCUT2D eigenvalue weighted by atomic mass is 10.1. The van der Waals surface area contributed by atoms with Crippen molar-refractivity contribution >= 4 is 17.6 Å². The summed E-state index contributed by atoms with van der Waals surface area (Å²) in [6.45, 7) is -0.0431. The molecular weight excluding hydrogens is 331 g/mol. The summed E-state index contributed by atoms with van der Waals surface area (Å²) in [7, 11) is 1.63. The van der Waals surface area contributed by atoms with Crippen LogP contribution < -0.4 is 10.6 Å². The minimum absolute atomic E-state index is 0.0448. The molecule has 0 amide bonds. The van der Waals surface area contributed by atoms with Crippen molar-refractivity contribution in [3.05, 3.63) is 34.9 Å². The van der Waals surface area contributed by atoms with E-state index in [1.165, 1.54) is 0 Å². The Morgan fingerprint density at radius 2 is 1.91 bits per heavy atom. The van der Waals surface area contributed by atoms with Gasteiger partial charge in [0.2, 0.25) is 0 Å². The Bertz CT molecular complexity index is 495. The predicted molar refractivity (Wildman–Crippen MR) is 86.0 cm³/mol. The zero-order chi connectivity index (χ0) is 17.1. The van der Waals surface area contributed by atoms with Crippen LogP contribution in [0.4, 0.5) is 13.2 Å². The molecule has 2 N–H and O–H groups in total. The molecule has 130 valence electrons. The molecule has 0 bridgehead atoms. The van der Waals surface area contributed by atoms with Crippen LogP contribution in [0.5, 0.6) is 0 Å². The van der Waals surface area contributed by atoms with Crippen molar-refractivity contribution in [2.75, 3.05) is 33.4 Å². The van der Waals surface area contributed by atoms with Gasteiger partial charge in [-0.05, 0) is 24.5 Å². The molecule has 0 radical (unpaired) electrons. The predicted octanol–water partition coefficient (Wildman–Crippen LogP) is 3.02. The average molecular weight is 352 g/mol. The van der Waals surface area contributed by atoms with Gasteiger partial charge >= 0.3 is 6.18 Å². The third-order valence-electron chi connectivity index (χ3n) is 2.89. The summed E-state index contributed by atoms with van der Waals surface area (Å²) in [4.78, 5) is 4.04. The zero-order valence-electron chi connectivity index (χ0n) is 12.9. The molecule has 0 saturated heterocycles. The number of hydrogen-bond donors (Lipinski definition) is 2. The highest BCUT2D eigenvalue weighted by Crippen LogP contribution is 2.15. The van der Waals surface area contributed by atoms with Crippen LogP contribution in [0.1, 0.15) is 12.0 Å². The minimum atomic E-state index is -4.27. The summed E-state index contributed by atoms with van der Waals surface area (Å²) >= 11 is 6.07. The Kier molecular flexibility index (Phi) is 8.79. The van der Waals surface area contributed by atoms with Gasteiger partial charge in [0.05, 0.1) is 0 Å². The summed E-state index contributed by atoms with van der Waals surface area (Å²) in [6, 6.07) is 7.60. The molecule has 0 aromatic heterocycles. The molecule has 4 nitrogen and oxygen atoms in total. The fraction of sp³-hybridized carbons (Fsp3) is 0.533. The summed E-state index contributed by atoms with van der Waals surface area (Å²) in [5.41, 5.74) is 1.04. The van der Waals surface area contributed by atoms with Crippen LogP contribution in [0.2, 0.25) is 5.02 Å². The third kappa shape index (κ3) is 9.30. The molecule has 0 fully saturated rings. The van der Waals surface area contributed by atoms with Gasteiger partial charge < -0.3 is 15.4 Å². The Labute approximate surface area is 139 Å². The number of halogens is 4. The van der Waals surface area contributed by atoms with Crippen molar-refractivity contribution in [1.29, 1.82) is 0 Å². The van der Waals surface area contributed by atoms with Crippen molar-refractivity contribution in [2.45, 2.75) is 19.0 Å². The van der Waals surface area contributed by atoms with E-state index in [0.717, 1.165) is 17.0 Å². The first-order chi connectivity index (χ1) is 10.9. The molecule has 0 aliphatic carbocycles. The van der Waals surface area contributed by atoms with E-state index in [0.29, 0.717) is 25.5 Å². The minimum Gasteiger partial charge on any atom is -0.372 e. The van der Waals surface area contributed by atoms with Crippen molar-refractivity contribution in [3.63, 3.8) is 0 Å². The van der Waals surface area contributed by atoms with Gasteiger partial charge in [0, 0.05) is 31.8 Å². The van der Waals surface area contributed by atoms with E-state index >= 15 is 0 Å². The highest BCUT2D eigenvalue weighted by Gasteiger charge is 2.27. The number of aliphatic imine (C=N–C) groups is 1. The Hall–Kier alpha value is -1.47. The van der Waals surface area contributed by atoms with Gasteiger partial charge in [0.1, 0.15) is 6.61 Å². The lowest BCUT2D eigenvalue weighted by Gasteiger charge is -2.12. The second-order valence-electron chi connectivity index (χ2n) is 4.79. The van der Waals surface area contributed by atoms with Crippen LogP contribution in [0.25, 0.3) is 0 Å². The Morgan fingerprint density at radius 1 is 1.22 bits per heavy atom. The third-order valence-corrected chi connectivity index (χ3v) is 3.26. The molecule has 0 heterocycles. The molecule has 1 aromatic rings. The van der Waals surface area contributed by atoms with Gasteiger partial charge in [-0.15, -0.1) is 0 Å². The number of hydrogen-bond acceptors (Lipinski definition) is 2. The summed E-state index contributed by atoms with van der Waals surface area (Å²) in [5.74, 6) is 0.591. The summed E-state index contributed by atoms with van der Waals surface area (Å²) in [6.07, 6.45) is -3.07. The lowest BCUT2D eigenvalue weighted by molar-refractivity contribution is -0.173. The largest absolute Gasteiger partial charge is 0.411 e. The molecule has 1 rings (SSSR count). The van der Waals surface area contributed by atoms with E-state index in [9.17, 15) is 13.2 Å². The van der Waals surface area contributed by atoms with E-state index in [2.05, 4.69) is 20.4 Å². The van der Waals surface area contributed by atoms with Crippen LogP contribution in [-0.4, -0.2) is 45.5 Å². The zero-order valence-corrected chi connectivity index (χ0v) is 13.7. The highest BCUT2D eigenvalue weighted by atomic mass is 35.5. The van der Waals surface area contributed by atoms with Crippen LogP contribution in [0, 0.1) is 0 Å². The molecular formula is C15H21ClF3N3O. The van der Waals surface area contributed by atoms with E-state index in [4.69, 9.17) is 11.6 Å². The van der Waals surface area contributed by atoms with E-state index < -0.39 is 12.8 Å². The molecule has 0 aliphatic heterocycles. The van der Waals surface area contributed by atoms with Crippen LogP contribution in [0.15, 0.2) is 29.3 Å². The number of nitrogens with one attached hydrogen (secondary N) is 2. The van der Waals surface area contributed by atoms with Gasteiger partial charge in [-0.3, -0.25) is 4.99 Å². The van der Waals surface area contributed by atoms with Gasteiger partial charge in [-0.25, -0.2) is 0 Å². The van der Waals surface area contributed by atoms with Crippen LogP contribution in [0.3, 0.4) is 0 Å². The van der Waals surface area contributed by atoms with Crippen LogP contribution in [-0.2, 0) is 11.2 Å². The molecule has 8 heteroatoms. The molecule has 0 aliphatic rings. The maximum absolute atomic E-state index is 11.9. The van der Waals surface area contributed by atoms with Crippen molar-refractivity contribution in [3.8, 4) is 0 Å². The van der Waals surface area contributed by atoms with Gasteiger partial charge in [-0.2, -0.15) is 13.2 Å². The number of alkyl halides is 3. The first-order valence-electron chi connectivity index (χ1n) is 7.25. The molecule has 0 atom stereocenters. The van der Waals surface area contributed by atoms with Crippen LogP contribution >= 0.6 is 11.6 Å². The van der Waals surface area contributed by atoms with Gasteiger partial charge in [0.15, 0.2) is 5.96 Å². The van der Waals surface area contributed by atoms with Crippen molar-refractivity contribution in [2.24, 2.45) is 4.99 Å². The monoisotopic (exact) mass is 351 g/mol. The van der Waals surface area contributed by atoms with E-state index in [-0.39, 0.29) is 6.61 Å². The van der Waals surface area contributed by atoms with Crippen molar-refractivity contribution in [1.82, 2.24) is 10.6 Å². The molecule has 0 unspecified atom stereocenters. The number of rotatable bonds is 8. The first kappa shape index (κ1) is 19.6. The van der Waals surface area contributed by atoms with E-state index in [1.807, 2.05) is 24.3 Å². The Morgan fingerprint density at radius 3 is 2.57 bits per heavy atom. The summed E-state index contributed by atoms with van der Waals surface area (Å²) in [5, 5.41) is 6.85. The molecule has 1 aromatic carbocycles. The number of benzene rings is 1. The maximum Gasteiger partial charge on any atom is 0.411 e. The number of ether oxygens (including phenoxy) is 1. The highest BCUT2D eigenvalue weighted by molar-refractivity contribution is 6.31. The quantitative estimate of drug-likeness (QED) is 0.430. The average Bonchev–Trinajstić information content (AvgIpc) is 2.49. The molecule has 0 saturated carbocycles. The molecule has 23 heavy (non-hydrogen) atoms. The smallest absolute Gasteiger partial charge is 0.372 e. The maximum atomic E-state index is 11.9. The fourth-order valence-corrected chi connectivity index (χ4v) is 2.04. The normalized spacial score (nSPS) is 12.3. The number of guanidine groups is 1. The second-order valence-corrected chi connectivity index (χ2v) is 5.20. The lowest BCUT2D eigenvalue weighted by Crippen LogP contribution is -2.39. The standard InChI is InChI=1S/C15H21ClF3N3O/c1-20-14(21-8-4-10-23-11-15(17,18)19)22-9-7-12-5-2-3-6-13(12)16/h2-3,5-6H,4,7-11H2,1H3,(H2,20,21,22). The SMILES string of the molecule is CN=C(NCCCOCC(F)(F)F)NCCc1ccccc1Cl. The molecule has 0 spiro atoms. The number of nitrogens with zero attached hydrogens (tertiary/aromatic N) is 1. The second kappa shape index (κ2) is 10.3. The van der Waals surface area contributed by atoms with E-state index in [1.54, 1.807) is 7.05 Å². The Balaban J connectivity index is 2.14.